The summed E-state index contributed by atoms with van der Waals surface area (Å²) in [6.45, 7) is 4.17. The number of nitrogens with one attached hydrogen (secondary N) is 2. The Morgan fingerprint density at radius 3 is 2.69 bits per heavy atom. The first-order valence-electron chi connectivity index (χ1n) is 10.3. The fourth-order valence-corrected chi connectivity index (χ4v) is 4.18. The van der Waals surface area contributed by atoms with Crippen LogP contribution in [0.25, 0.3) is 0 Å². The lowest BCUT2D eigenvalue weighted by atomic mass is 9.85. The van der Waals surface area contributed by atoms with Crippen molar-refractivity contribution >= 4 is 29.3 Å². The van der Waals surface area contributed by atoms with Crippen LogP contribution in [0.4, 0.5) is 5.69 Å². The van der Waals surface area contributed by atoms with E-state index >= 15 is 0 Å². The number of anilines is 1. The van der Waals surface area contributed by atoms with Crippen LogP contribution in [0, 0.1) is 11.3 Å². The molecule has 1 amide bonds. The molecule has 0 aliphatic carbocycles. The van der Waals surface area contributed by atoms with Gasteiger partial charge in [-0.15, -0.1) is 0 Å². The molecular weight excluding hydrogens is 426 g/mol. The summed E-state index contributed by atoms with van der Waals surface area (Å²) >= 11 is 1.18. The van der Waals surface area contributed by atoms with E-state index in [0.717, 1.165) is 12.8 Å². The third-order valence-corrected chi connectivity index (χ3v) is 5.84. The highest BCUT2D eigenvalue weighted by Crippen LogP contribution is 2.41. The van der Waals surface area contributed by atoms with Gasteiger partial charge in [-0.25, -0.2) is 0 Å². The molecule has 0 spiro atoms. The number of nitriles is 1. The SMILES string of the molecule is CCCCOC(=O)CSC1=C(C#N)C(c2ccco2)C(C(=O)Nc2ccccc2)=C(C)N1. The van der Waals surface area contributed by atoms with Crippen molar-refractivity contribution in [1.82, 2.24) is 5.32 Å². The normalized spacial score (nSPS) is 15.7. The molecule has 8 heteroatoms. The van der Waals surface area contributed by atoms with Crippen molar-refractivity contribution in [3.63, 3.8) is 0 Å². The number of amides is 1. The smallest absolute Gasteiger partial charge is 0.316 e. The number of esters is 1. The van der Waals surface area contributed by atoms with Gasteiger partial charge in [-0.05, 0) is 37.6 Å². The minimum absolute atomic E-state index is 0.0565. The van der Waals surface area contributed by atoms with Gasteiger partial charge in [0.05, 0.1) is 46.8 Å². The molecule has 0 saturated heterocycles. The van der Waals surface area contributed by atoms with Crippen molar-refractivity contribution in [2.24, 2.45) is 0 Å². The molecule has 2 heterocycles. The highest BCUT2D eigenvalue weighted by Gasteiger charge is 2.36. The lowest BCUT2D eigenvalue weighted by Gasteiger charge is -2.28. The van der Waals surface area contributed by atoms with Gasteiger partial charge in [0.1, 0.15) is 5.76 Å². The van der Waals surface area contributed by atoms with Gasteiger partial charge in [-0.2, -0.15) is 5.26 Å². The van der Waals surface area contributed by atoms with Gasteiger partial charge in [0, 0.05) is 11.4 Å². The van der Waals surface area contributed by atoms with Crippen LogP contribution < -0.4 is 10.6 Å². The Labute approximate surface area is 191 Å². The van der Waals surface area contributed by atoms with E-state index in [4.69, 9.17) is 9.15 Å². The van der Waals surface area contributed by atoms with E-state index in [1.54, 1.807) is 31.2 Å². The number of hydrogen-bond donors (Lipinski definition) is 2. The molecule has 1 unspecified atom stereocenters. The van der Waals surface area contributed by atoms with Crippen molar-refractivity contribution < 1.29 is 18.7 Å². The number of nitrogens with zero attached hydrogens (tertiary/aromatic N) is 1. The monoisotopic (exact) mass is 451 g/mol. The maximum absolute atomic E-state index is 13.2. The van der Waals surface area contributed by atoms with Crippen molar-refractivity contribution in [1.29, 1.82) is 5.26 Å². The summed E-state index contributed by atoms with van der Waals surface area (Å²) < 4.78 is 10.8. The number of hydrogen-bond acceptors (Lipinski definition) is 7. The minimum Gasteiger partial charge on any atom is -0.468 e. The quantitative estimate of drug-likeness (QED) is 0.421. The maximum atomic E-state index is 13.2. The van der Waals surface area contributed by atoms with Gasteiger partial charge >= 0.3 is 5.97 Å². The predicted molar refractivity (Wildman–Crippen MR) is 123 cm³/mol. The Kier molecular flexibility index (Phi) is 8.17. The Balaban J connectivity index is 1.86. The second-order valence-corrected chi connectivity index (χ2v) is 8.14. The molecule has 2 aromatic rings. The number of furan rings is 1. The van der Waals surface area contributed by atoms with Crippen LogP contribution in [0.5, 0.6) is 0 Å². The van der Waals surface area contributed by atoms with Crippen LogP contribution in [0.2, 0.25) is 0 Å². The molecule has 32 heavy (non-hydrogen) atoms. The third kappa shape index (κ3) is 5.62. The molecule has 1 aliphatic rings. The first kappa shape index (κ1) is 23.2. The minimum atomic E-state index is -0.696. The molecule has 1 aromatic heterocycles. The summed E-state index contributed by atoms with van der Waals surface area (Å²) in [5.74, 6) is -0.846. The molecule has 166 valence electrons. The summed E-state index contributed by atoms with van der Waals surface area (Å²) in [6, 6.07) is 14.8. The molecule has 0 saturated carbocycles. The standard InChI is InChI=1S/C24H25N3O4S/c1-3-4-12-31-20(28)15-32-24-18(14-25)22(19-11-8-13-30-19)21(16(2)26-24)23(29)27-17-9-6-5-7-10-17/h5-11,13,22,26H,3-4,12,15H2,1-2H3,(H,27,29). The average molecular weight is 452 g/mol. The summed E-state index contributed by atoms with van der Waals surface area (Å²) in [6.07, 6.45) is 3.25. The van der Waals surface area contributed by atoms with Crippen molar-refractivity contribution in [3.05, 3.63) is 76.4 Å². The fourth-order valence-electron chi connectivity index (χ4n) is 3.29. The molecule has 7 nitrogen and oxygen atoms in total. The third-order valence-electron chi connectivity index (χ3n) is 4.85. The summed E-state index contributed by atoms with van der Waals surface area (Å²) in [5.41, 5.74) is 1.93. The van der Waals surface area contributed by atoms with Gasteiger partial charge in [0.25, 0.3) is 5.91 Å². The predicted octanol–water partition coefficient (Wildman–Crippen LogP) is 4.69. The zero-order chi connectivity index (χ0) is 22.9. The Morgan fingerprint density at radius 2 is 2.03 bits per heavy atom. The van der Waals surface area contributed by atoms with Crippen molar-refractivity contribution in [2.45, 2.75) is 32.6 Å². The van der Waals surface area contributed by atoms with E-state index < -0.39 is 5.92 Å². The molecule has 0 fully saturated rings. The number of ether oxygens (including phenoxy) is 1. The number of unbranched alkanes of at least 4 members (excludes halogenated alkanes) is 1. The van der Waals surface area contributed by atoms with Crippen molar-refractivity contribution in [2.75, 3.05) is 17.7 Å². The topological polar surface area (TPSA) is 104 Å². The first-order chi connectivity index (χ1) is 15.5. The van der Waals surface area contributed by atoms with Crippen LogP contribution in [0.1, 0.15) is 38.4 Å². The van der Waals surface area contributed by atoms with Gasteiger partial charge in [-0.1, -0.05) is 43.3 Å². The number of rotatable bonds is 9. The molecule has 1 aromatic carbocycles. The Bertz CT molecular complexity index is 1050. The largest absolute Gasteiger partial charge is 0.468 e. The van der Waals surface area contributed by atoms with Crippen LogP contribution in [-0.4, -0.2) is 24.2 Å². The zero-order valence-corrected chi connectivity index (χ0v) is 18.8. The summed E-state index contributed by atoms with van der Waals surface area (Å²) in [4.78, 5) is 25.3. The van der Waals surface area contributed by atoms with Gasteiger partial charge < -0.3 is 19.8 Å². The number of para-hydroxylation sites is 1. The Morgan fingerprint density at radius 1 is 1.25 bits per heavy atom. The van der Waals surface area contributed by atoms with Crippen LogP contribution in [0.15, 0.2) is 75.0 Å². The first-order valence-corrected chi connectivity index (χ1v) is 11.3. The van der Waals surface area contributed by atoms with Gasteiger partial charge in [0.2, 0.25) is 0 Å². The van der Waals surface area contributed by atoms with E-state index in [9.17, 15) is 14.9 Å². The summed E-state index contributed by atoms with van der Waals surface area (Å²) in [7, 11) is 0. The van der Waals surface area contributed by atoms with E-state index in [0.29, 0.717) is 39.9 Å². The van der Waals surface area contributed by atoms with E-state index in [2.05, 4.69) is 16.7 Å². The number of benzene rings is 1. The second-order valence-electron chi connectivity index (χ2n) is 7.15. The van der Waals surface area contributed by atoms with Crippen LogP contribution in [0.3, 0.4) is 0 Å². The average Bonchev–Trinajstić information content (AvgIpc) is 3.32. The summed E-state index contributed by atoms with van der Waals surface area (Å²) in [5, 5.41) is 16.5. The number of thioether (sulfide) groups is 1. The van der Waals surface area contributed by atoms with Gasteiger partial charge in [0.15, 0.2) is 0 Å². The molecule has 0 radical (unpaired) electrons. The second kappa shape index (κ2) is 11.3. The highest BCUT2D eigenvalue weighted by molar-refractivity contribution is 8.03. The molecule has 3 rings (SSSR count). The fraction of sp³-hybridized carbons (Fsp3) is 0.292. The maximum Gasteiger partial charge on any atom is 0.316 e. The number of carbonyl (C=O) groups is 2. The zero-order valence-electron chi connectivity index (χ0n) is 18.0. The van der Waals surface area contributed by atoms with Gasteiger partial charge in [-0.3, -0.25) is 9.59 Å². The van der Waals surface area contributed by atoms with E-state index in [1.807, 2.05) is 25.1 Å². The number of allylic oxidation sites excluding steroid dienone is 2. The highest BCUT2D eigenvalue weighted by atomic mass is 32.2. The Hall–Kier alpha value is -3.44. The van der Waals surface area contributed by atoms with Crippen LogP contribution >= 0.6 is 11.8 Å². The molecule has 2 N–H and O–H groups in total. The van der Waals surface area contributed by atoms with Crippen LogP contribution in [-0.2, 0) is 14.3 Å². The molecule has 1 atom stereocenters. The van der Waals surface area contributed by atoms with E-state index in [-0.39, 0.29) is 17.6 Å². The molecule has 0 bridgehead atoms. The number of dihydropyridines is 1. The molecular formula is C24H25N3O4S. The lowest BCUT2D eigenvalue weighted by Crippen LogP contribution is -2.30. The van der Waals surface area contributed by atoms with Crippen molar-refractivity contribution in [3.8, 4) is 6.07 Å². The molecule has 1 aliphatic heterocycles. The number of carbonyl (C=O) groups excluding carboxylic acids is 2. The van der Waals surface area contributed by atoms with E-state index in [1.165, 1.54) is 18.0 Å². The lowest BCUT2D eigenvalue weighted by molar-refractivity contribution is -0.140.